The molecule has 0 bridgehead atoms. The number of hydrogen-bond acceptors (Lipinski definition) is 3. The van der Waals surface area contributed by atoms with Gasteiger partial charge < -0.3 is 14.2 Å². The van der Waals surface area contributed by atoms with Crippen molar-refractivity contribution in [2.75, 3.05) is 33.0 Å². The van der Waals surface area contributed by atoms with Gasteiger partial charge in [0.05, 0.1) is 26.4 Å². The summed E-state index contributed by atoms with van der Waals surface area (Å²) in [5.74, 6) is 1.39. The minimum atomic E-state index is 0.273. The van der Waals surface area contributed by atoms with Crippen LogP contribution in [-0.2, 0) is 41.6 Å². The maximum Gasteiger partial charge on any atom is 0.119 e. The molecule has 1 heterocycles. The van der Waals surface area contributed by atoms with Gasteiger partial charge in [-0.25, -0.2) is 0 Å². The van der Waals surface area contributed by atoms with Crippen molar-refractivity contribution < 1.29 is 14.2 Å². The molecule has 0 spiro atoms. The predicted molar refractivity (Wildman–Crippen MR) is 190 cm³/mol. The molecule has 1 atom stereocenters. The fourth-order valence-corrected chi connectivity index (χ4v) is 6.97. The molecular formula is C43H52O3. The van der Waals surface area contributed by atoms with Crippen LogP contribution in [0.2, 0.25) is 0 Å². The van der Waals surface area contributed by atoms with E-state index in [0.29, 0.717) is 5.92 Å². The van der Waals surface area contributed by atoms with Gasteiger partial charge in [-0.3, -0.25) is 0 Å². The van der Waals surface area contributed by atoms with Crippen LogP contribution in [0, 0.1) is 5.41 Å². The monoisotopic (exact) mass is 616 g/mol. The van der Waals surface area contributed by atoms with Crippen molar-refractivity contribution in [2.24, 2.45) is 5.41 Å². The van der Waals surface area contributed by atoms with E-state index in [4.69, 9.17) is 14.2 Å². The average Bonchev–Trinajstić information content (AvgIpc) is 3.35. The van der Waals surface area contributed by atoms with Crippen molar-refractivity contribution >= 4 is 0 Å². The molecule has 0 saturated carbocycles. The van der Waals surface area contributed by atoms with E-state index in [1.165, 1.54) is 62.9 Å². The van der Waals surface area contributed by atoms with E-state index in [-0.39, 0.29) is 5.41 Å². The van der Waals surface area contributed by atoms with Gasteiger partial charge in [-0.2, -0.15) is 0 Å². The Balaban J connectivity index is 0.944. The molecule has 46 heavy (non-hydrogen) atoms. The standard InChI is InChI=1S/C43H52O3/c1-4-8-33-9-11-34(12-10-33)13-15-36-19-23-39-40-24-20-37(28-42(40)32(3)41(39)27-36)16-14-35-17-21-38(22-18-35)46-26-7-6-25-44-29-43(5-2)30-45-31-43/h9-12,17-24,27-28,32H,4-8,13-16,25-26,29-31H2,1-3H3. The first-order valence-electron chi connectivity index (χ1n) is 17.8. The molecule has 1 unspecified atom stereocenters. The van der Waals surface area contributed by atoms with Gasteiger partial charge in [0.25, 0.3) is 0 Å². The molecule has 1 aliphatic carbocycles. The Morgan fingerprint density at radius 2 is 1.13 bits per heavy atom. The Kier molecular flexibility index (Phi) is 10.9. The van der Waals surface area contributed by atoms with Crippen LogP contribution in [0.15, 0.2) is 84.9 Å². The highest BCUT2D eigenvalue weighted by atomic mass is 16.5. The summed E-state index contributed by atoms with van der Waals surface area (Å²) in [4.78, 5) is 0. The molecule has 3 heteroatoms. The van der Waals surface area contributed by atoms with E-state index >= 15 is 0 Å². The molecular weight excluding hydrogens is 564 g/mol. The van der Waals surface area contributed by atoms with Crippen LogP contribution in [-0.4, -0.2) is 33.0 Å². The van der Waals surface area contributed by atoms with Crippen LogP contribution >= 0.6 is 0 Å². The summed E-state index contributed by atoms with van der Waals surface area (Å²) >= 11 is 0. The third-order valence-electron chi connectivity index (χ3n) is 10.3. The molecule has 4 aromatic carbocycles. The Morgan fingerprint density at radius 3 is 1.65 bits per heavy atom. The van der Waals surface area contributed by atoms with Crippen molar-refractivity contribution in [1.82, 2.24) is 0 Å². The van der Waals surface area contributed by atoms with Gasteiger partial charge in [0.1, 0.15) is 5.75 Å². The van der Waals surface area contributed by atoms with Crippen LogP contribution < -0.4 is 4.74 Å². The Morgan fingerprint density at radius 1 is 0.630 bits per heavy atom. The lowest BCUT2D eigenvalue weighted by Gasteiger charge is -2.40. The summed E-state index contributed by atoms with van der Waals surface area (Å²) in [5, 5.41) is 0. The third kappa shape index (κ3) is 7.93. The molecule has 242 valence electrons. The fraction of sp³-hybridized carbons (Fsp3) is 0.442. The molecule has 3 nitrogen and oxygen atoms in total. The van der Waals surface area contributed by atoms with E-state index in [1.807, 2.05) is 0 Å². The second-order valence-corrected chi connectivity index (χ2v) is 13.7. The van der Waals surface area contributed by atoms with Crippen LogP contribution in [0.4, 0.5) is 0 Å². The molecule has 0 amide bonds. The number of unbranched alkanes of at least 4 members (excludes halogenated alkanes) is 1. The zero-order valence-corrected chi connectivity index (χ0v) is 28.3. The quantitative estimate of drug-likeness (QED) is 0.111. The van der Waals surface area contributed by atoms with E-state index in [9.17, 15) is 0 Å². The van der Waals surface area contributed by atoms with Crippen LogP contribution in [0.5, 0.6) is 5.75 Å². The van der Waals surface area contributed by atoms with Crippen LogP contribution in [0.3, 0.4) is 0 Å². The zero-order valence-electron chi connectivity index (χ0n) is 28.3. The van der Waals surface area contributed by atoms with E-state index in [0.717, 1.165) is 83.7 Å². The summed E-state index contributed by atoms with van der Waals surface area (Å²) in [6.45, 7) is 10.9. The van der Waals surface area contributed by atoms with Gasteiger partial charge in [-0.15, -0.1) is 0 Å². The van der Waals surface area contributed by atoms with Crippen molar-refractivity contribution in [3.63, 3.8) is 0 Å². The molecule has 0 aromatic heterocycles. The lowest BCUT2D eigenvalue weighted by molar-refractivity contribution is -0.150. The second kappa shape index (κ2) is 15.5. The molecule has 6 rings (SSSR count). The number of fused-ring (bicyclic) bond motifs is 3. The van der Waals surface area contributed by atoms with Crippen molar-refractivity contribution in [3.8, 4) is 16.9 Å². The van der Waals surface area contributed by atoms with Crippen molar-refractivity contribution in [1.29, 1.82) is 0 Å². The Bertz CT molecular complexity index is 1540. The molecule has 1 aliphatic heterocycles. The fourth-order valence-electron chi connectivity index (χ4n) is 6.97. The summed E-state index contributed by atoms with van der Waals surface area (Å²) in [6, 6.07) is 32.2. The highest BCUT2D eigenvalue weighted by Gasteiger charge is 2.36. The third-order valence-corrected chi connectivity index (χ3v) is 10.3. The SMILES string of the molecule is CCCc1ccc(CCc2ccc3c(c2)C(C)c2cc(CCc4ccc(OCCCCOCC5(CC)COC5)cc4)ccc2-3)cc1. The van der Waals surface area contributed by atoms with Crippen molar-refractivity contribution in [2.45, 2.75) is 84.5 Å². The largest absolute Gasteiger partial charge is 0.494 e. The summed E-state index contributed by atoms with van der Waals surface area (Å²) in [5.41, 5.74) is 13.2. The van der Waals surface area contributed by atoms with E-state index < -0.39 is 0 Å². The number of benzene rings is 4. The first kappa shape index (κ1) is 32.5. The smallest absolute Gasteiger partial charge is 0.119 e. The number of rotatable bonds is 17. The predicted octanol–water partition coefficient (Wildman–Crippen LogP) is 9.94. The minimum Gasteiger partial charge on any atom is -0.494 e. The van der Waals surface area contributed by atoms with Crippen LogP contribution in [0.25, 0.3) is 11.1 Å². The van der Waals surface area contributed by atoms with E-state index in [1.54, 1.807) is 0 Å². The molecule has 1 saturated heterocycles. The van der Waals surface area contributed by atoms with Gasteiger partial charge in [0, 0.05) is 17.9 Å². The Labute approximate surface area is 277 Å². The van der Waals surface area contributed by atoms with Crippen LogP contribution in [0.1, 0.15) is 91.3 Å². The Hall–Kier alpha value is -3.40. The molecule has 1 fully saturated rings. The maximum absolute atomic E-state index is 6.00. The summed E-state index contributed by atoms with van der Waals surface area (Å²) in [6.07, 6.45) is 9.79. The summed E-state index contributed by atoms with van der Waals surface area (Å²) in [7, 11) is 0. The lowest BCUT2D eigenvalue weighted by atomic mass is 9.84. The number of ether oxygens (including phenoxy) is 3. The number of aryl methyl sites for hydroxylation is 5. The zero-order chi connectivity index (χ0) is 31.8. The van der Waals surface area contributed by atoms with Gasteiger partial charge in [0.15, 0.2) is 0 Å². The highest BCUT2D eigenvalue weighted by Crippen LogP contribution is 2.45. The van der Waals surface area contributed by atoms with Gasteiger partial charge in [-0.1, -0.05) is 100.0 Å². The van der Waals surface area contributed by atoms with Gasteiger partial charge in [-0.05, 0) is 114 Å². The van der Waals surface area contributed by atoms with E-state index in [2.05, 4.69) is 106 Å². The topological polar surface area (TPSA) is 27.7 Å². The maximum atomic E-state index is 6.00. The molecule has 2 aliphatic rings. The first-order valence-corrected chi connectivity index (χ1v) is 17.8. The summed E-state index contributed by atoms with van der Waals surface area (Å²) < 4.78 is 17.3. The average molecular weight is 617 g/mol. The van der Waals surface area contributed by atoms with Crippen molar-refractivity contribution in [3.05, 3.63) is 124 Å². The lowest BCUT2D eigenvalue weighted by Crippen LogP contribution is -2.45. The second-order valence-electron chi connectivity index (χ2n) is 13.7. The molecule has 4 aromatic rings. The van der Waals surface area contributed by atoms with Gasteiger partial charge >= 0.3 is 0 Å². The first-order chi connectivity index (χ1) is 22.6. The van der Waals surface area contributed by atoms with Gasteiger partial charge in [0.2, 0.25) is 0 Å². The molecule has 0 radical (unpaired) electrons. The molecule has 0 N–H and O–H groups in total. The number of hydrogen-bond donors (Lipinski definition) is 0. The highest BCUT2D eigenvalue weighted by molar-refractivity contribution is 5.79. The minimum absolute atomic E-state index is 0.273. The normalized spacial score (nSPS) is 16.1.